The fourth-order valence-electron chi connectivity index (χ4n) is 4.67. The summed E-state index contributed by atoms with van der Waals surface area (Å²) in [6.07, 6.45) is 7.79. The number of aryl methyl sites for hydroxylation is 1. The van der Waals surface area contributed by atoms with Gasteiger partial charge in [-0.15, -0.1) is 11.8 Å². The third-order valence-electron chi connectivity index (χ3n) is 7.06. The molecule has 6 nitrogen and oxygen atoms in total. The van der Waals surface area contributed by atoms with Crippen molar-refractivity contribution >= 4 is 58.0 Å². The van der Waals surface area contributed by atoms with E-state index in [1.54, 1.807) is 42.1 Å². The summed E-state index contributed by atoms with van der Waals surface area (Å²) in [6.45, 7) is 9.11. The zero-order valence-corrected chi connectivity index (χ0v) is 28.1. The highest BCUT2D eigenvalue weighted by Crippen LogP contribution is 2.32. The van der Waals surface area contributed by atoms with E-state index < -0.39 is 5.97 Å². The fourth-order valence-corrected chi connectivity index (χ4v) is 5.65. The Morgan fingerprint density at radius 2 is 1.51 bits per heavy atom. The first-order valence-corrected chi connectivity index (χ1v) is 16.3. The summed E-state index contributed by atoms with van der Waals surface area (Å²) in [5, 5.41) is 4.53. The van der Waals surface area contributed by atoms with Gasteiger partial charge in [-0.05, 0) is 104 Å². The molecular formula is C39H35ClN2O4S. The van der Waals surface area contributed by atoms with E-state index in [2.05, 4.69) is 11.7 Å². The molecule has 0 saturated heterocycles. The molecule has 4 rings (SSSR count). The van der Waals surface area contributed by atoms with Gasteiger partial charge in [0.15, 0.2) is 5.78 Å². The van der Waals surface area contributed by atoms with E-state index in [0.29, 0.717) is 27.5 Å². The third-order valence-corrected chi connectivity index (χ3v) is 8.33. The topological polar surface area (TPSA) is 76.0 Å². The fraction of sp³-hybridized carbons (Fsp3) is 0.128. The molecule has 47 heavy (non-hydrogen) atoms. The summed E-state index contributed by atoms with van der Waals surface area (Å²) in [5.74, 6) is -0.452. The molecular weight excluding hydrogens is 628 g/mol. The number of allylic oxidation sites excluding steroid dienone is 4. The molecule has 0 aromatic heterocycles. The number of ketones is 2. The molecule has 0 aliphatic rings. The number of benzene rings is 4. The zero-order valence-electron chi connectivity index (χ0n) is 26.5. The molecule has 4 aromatic carbocycles. The molecule has 0 fully saturated rings. The van der Waals surface area contributed by atoms with Crippen molar-refractivity contribution in [3.8, 4) is 0 Å². The van der Waals surface area contributed by atoms with Gasteiger partial charge in [-0.2, -0.15) is 0 Å². The number of rotatable bonds is 14. The van der Waals surface area contributed by atoms with Crippen molar-refractivity contribution < 1.29 is 19.2 Å². The summed E-state index contributed by atoms with van der Waals surface area (Å²) in [4.78, 5) is 46.1. The van der Waals surface area contributed by atoms with E-state index in [9.17, 15) is 14.4 Å². The Balaban J connectivity index is 1.60. The molecule has 0 aliphatic heterocycles. The lowest BCUT2D eigenvalue weighted by Gasteiger charge is -2.26. The van der Waals surface area contributed by atoms with E-state index in [0.717, 1.165) is 27.5 Å². The molecule has 0 atom stereocenters. The van der Waals surface area contributed by atoms with Crippen molar-refractivity contribution in [1.29, 1.82) is 0 Å². The van der Waals surface area contributed by atoms with Crippen molar-refractivity contribution in [2.75, 3.05) is 10.7 Å². The minimum Gasteiger partial charge on any atom is -0.318 e. The van der Waals surface area contributed by atoms with Crippen molar-refractivity contribution in [2.45, 2.75) is 32.1 Å². The average molecular weight is 663 g/mol. The number of halogens is 1. The van der Waals surface area contributed by atoms with Gasteiger partial charge in [0.05, 0.1) is 0 Å². The van der Waals surface area contributed by atoms with Crippen LogP contribution in [-0.4, -0.2) is 29.0 Å². The molecule has 0 N–H and O–H groups in total. The molecule has 0 heterocycles. The van der Waals surface area contributed by atoms with Crippen LogP contribution in [0.5, 0.6) is 0 Å². The van der Waals surface area contributed by atoms with Gasteiger partial charge < -0.3 is 9.74 Å². The van der Waals surface area contributed by atoms with Crippen LogP contribution in [0.3, 0.4) is 0 Å². The molecule has 0 bridgehead atoms. The maximum absolute atomic E-state index is 13.5. The highest BCUT2D eigenvalue weighted by Gasteiger charge is 2.19. The quantitative estimate of drug-likeness (QED) is 0.0334. The maximum Gasteiger partial charge on any atom is 0.331 e. The largest absolute Gasteiger partial charge is 0.331 e. The lowest BCUT2D eigenvalue weighted by atomic mass is 9.99. The normalized spacial score (nSPS) is 11.7. The van der Waals surface area contributed by atoms with Gasteiger partial charge in [0.25, 0.3) is 0 Å². The monoisotopic (exact) mass is 662 g/mol. The van der Waals surface area contributed by atoms with Crippen molar-refractivity contribution in [1.82, 2.24) is 0 Å². The molecule has 0 amide bonds. The van der Waals surface area contributed by atoms with Crippen molar-refractivity contribution in [3.63, 3.8) is 0 Å². The smallest absolute Gasteiger partial charge is 0.318 e. The molecule has 0 radical (unpaired) electrons. The van der Waals surface area contributed by atoms with Gasteiger partial charge in [-0.1, -0.05) is 59.8 Å². The molecule has 0 unspecified atom stereocenters. The van der Waals surface area contributed by atoms with Gasteiger partial charge in [-0.3, -0.25) is 9.59 Å². The van der Waals surface area contributed by atoms with Crippen LogP contribution < -0.4 is 4.90 Å². The van der Waals surface area contributed by atoms with Crippen LogP contribution in [0.25, 0.3) is 0 Å². The highest BCUT2D eigenvalue weighted by molar-refractivity contribution is 7.99. The van der Waals surface area contributed by atoms with Gasteiger partial charge in [0, 0.05) is 62.8 Å². The van der Waals surface area contributed by atoms with Gasteiger partial charge in [-0.25, -0.2) is 4.79 Å². The number of thioether (sulfide) groups is 1. The predicted molar refractivity (Wildman–Crippen MR) is 193 cm³/mol. The molecule has 0 saturated carbocycles. The van der Waals surface area contributed by atoms with Crippen LogP contribution in [0.15, 0.2) is 144 Å². The van der Waals surface area contributed by atoms with Gasteiger partial charge in [0.2, 0.25) is 5.78 Å². The standard InChI is InChI=1S/C39H35ClN2O4S/c1-5-7-11-32(6-2)42(33-19-13-29(14-20-33)38(44)36-12-9-8-10-27(36)3)34-21-15-30(16-22-34)39(45)37(41-46-28(4)43)25-26-47-35-23-17-31(40)18-24-35/h5-24H,2,25-26H2,1,3-4H3/b7-5-,32-11+,41-37+. The Morgan fingerprint density at radius 3 is 2.09 bits per heavy atom. The van der Waals surface area contributed by atoms with Gasteiger partial charge in [0.1, 0.15) is 5.71 Å². The van der Waals surface area contributed by atoms with E-state index in [1.165, 1.54) is 6.92 Å². The number of nitrogens with zero attached hydrogens (tertiary/aromatic N) is 2. The SMILES string of the molecule is C=C/C(=C\C=C/C)N(c1ccc(C(=O)/C(CCSc2ccc(Cl)cc2)=N/OC(C)=O)cc1)c1ccc(C(=O)c2ccccc2C)cc1. The number of Topliss-reactive ketones (excluding diaryl/α,β-unsaturated/α-hetero) is 1. The van der Waals surface area contributed by atoms with Crippen LogP contribution >= 0.6 is 23.4 Å². The van der Waals surface area contributed by atoms with Crippen LogP contribution in [0.2, 0.25) is 5.02 Å². The Morgan fingerprint density at radius 1 is 0.894 bits per heavy atom. The Kier molecular flexibility index (Phi) is 12.7. The number of hydrogen-bond donors (Lipinski definition) is 0. The maximum atomic E-state index is 13.5. The lowest BCUT2D eigenvalue weighted by molar-refractivity contribution is -0.140. The van der Waals surface area contributed by atoms with E-state index >= 15 is 0 Å². The highest BCUT2D eigenvalue weighted by atomic mass is 35.5. The van der Waals surface area contributed by atoms with Gasteiger partial charge >= 0.3 is 5.97 Å². The average Bonchev–Trinajstić information content (AvgIpc) is 3.09. The number of anilines is 2. The number of carbonyl (C=O) groups is 3. The second-order valence-corrected chi connectivity index (χ2v) is 12.0. The first-order chi connectivity index (χ1) is 22.7. The van der Waals surface area contributed by atoms with Crippen LogP contribution in [-0.2, 0) is 9.63 Å². The third kappa shape index (κ3) is 9.51. The second-order valence-electron chi connectivity index (χ2n) is 10.4. The molecule has 0 aliphatic carbocycles. The first-order valence-electron chi connectivity index (χ1n) is 14.9. The summed E-state index contributed by atoms with van der Waals surface area (Å²) < 4.78 is 0. The molecule has 8 heteroatoms. The summed E-state index contributed by atoms with van der Waals surface area (Å²) in [6, 6.07) is 29.4. The van der Waals surface area contributed by atoms with E-state index in [4.69, 9.17) is 16.4 Å². The summed E-state index contributed by atoms with van der Waals surface area (Å²) in [5.41, 5.74) is 5.06. The van der Waals surface area contributed by atoms with E-state index in [-0.39, 0.29) is 23.7 Å². The van der Waals surface area contributed by atoms with Crippen molar-refractivity contribution in [2.24, 2.45) is 5.16 Å². The summed E-state index contributed by atoms with van der Waals surface area (Å²) >= 11 is 7.53. The van der Waals surface area contributed by atoms with Crippen LogP contribution in [0, 0.1) is 6.92 Å². The van der Waals surface area contributed by atoms with Crippen molar-refractivity contribution in [3.05, 3.63) is 161 Å². The molecule has 4 aromatic rings. The Bertz CT molecular complexity index is 1830. The Labute approximate surface area is 285 Å². The lowest BCUT2D eigenvalue weighted by Crippen LogP contribution is -2.18. The Hall–Kier alpha value is -4.98. The minimum absolute atomic E-state index is 0.0461. The molecule has 0 spiro atoms. The van der Waals surface area contributed by atoms with E-state index in [1.807, 2.05) is 110 Å². The second kappa shape index (κ2) is 17.1. The first kappa shape index (κ1) is 34.9. The van der Waals surface area contributed by atoms with Crippen LogP contribution in [0.4, 0.5) is 11.4 Å². The summed E-state index contributed by atoms with van der Waals surface area (Å²) in [7, 11) is 0. The number of carbonyl (C=O) groups excluding carboxylic acids is 3. The number of hydrogen-bond acceptors (Lipinski definition) is 7. The minimum atomic E-state index is -0.608. The van der Waals surface area contributed by atoms with Crippen LogP contribution in [0.1, 0.15) is 52.1 Å². The zero-order chi connectivity index (χ0) is 33.8. The number of oxime groups is 1. The molecule has 238 valence electrons. The predicted octanol–water partition coefficient (Wildman–Crippen LogP) is 9.95.